The number of hydrogen-bond acceptors (Lipinski definition) is 4. The molecule has 1 aliphatic carbocycles. The molecular formula is C14H16BrNOS2. The summed E-state index contributed by atoms with van der Waals surface area (Å²) in [7, 11) is 0. The third-order valence-corrected chi connectivity index (χ3v) is 5.98. The van der Waals surface area contributed by atoms with Gasteiger partial charge in [0.1, 0.15) is 0 Å². The normalized spacial score (nSPS) is 20.2. The summed E-state index contributed by atoms with van der Waals surface area (Å²) in [6.07, 6.45) is 3.17. The van der Waals surface area contributed by atoms with Gasteiger partial charge in [-0.3, -0.25) is 0 Å². The molecule has 102 valence electrons. The second kappa shape index (κ2) is 6.06. The molecule has 2 N–H and O–H groups in total. The van der Waals surface area contributed by atoms with E-state index >= 15 is 0 Å². The Morgan fingerprint density at radius 2 is 2.42 bits per heavy atom. The molecule has 2 nitrogen and oxygen atoms in total. The average molecular weight is 358 g/mol. The number of halogens is 1. The highest BCUT2D eigenvalue weighted by Gasteiger charge is 2.23. The van der Waals surface area contributed by atoms with Crippen LogP contribution in [0.3, 0.4) is 0 Å². The zero-order valence-electron chi connectivity index (χ0n) is 10.4. The summed E-state index contributed by atoms with van der Waals surface area (Å²) >= 11 is 7.04. The van der Waals surface area contributed by atoms with Crippen molar-refractivity contribution in [3.8, 4) is 0 Å². The summed E-state index contributed by atoms with van der Waals surface area (Å²) in [4.78, 5) is 1.49. The lowest BCUT2D eigenvalue weighted by molar-refractivity contribution is 0.168. The first-order valence-electron chi connectivity index (χ1n) is 6.45. The molecular weight excluding hydrogens is 342 g/mol. The van der Waals surface area contributed by atoms with Gasteiger partial charge in [0.2, 0.25) is 0 Å². The van der Waals surface area contributed by atoms with Crippen molar-refractivity contribution in [2.24, 2.45) is 0 Å². The number of aliphatic hydroxyl groups excluding tert-OH is 1. The van der Waals surface area contributed by atoms with E-state index in [-0.39, 0.29) is 0 Å². The lowest BCUT2D eigenvalue weighted by atomic mass is 9.94. The Bertz CT molecular complexity index is 538. The number of aryl methyl sites for hydroxylation is 1. The Kier molecular flexibility index (Phi) is 4.39. The maximum absolute atomic E-state index is 10.1. The van der Waals surface area contributed by atoms with Crippen LogP contribution >= 0.6 is 38.6 Å². The van der Waals surface area contributed by atoms with Crippen molar-refractivity contribution < 1.29 is 5.11 Å². The minimum atomic E-state index is -0.404. The van der Waals surface area contributed by atoms with E-state index in [0.29, 0.717) is 12.6 Å². The van der Waals surface area contributed by atoms with Crippen molar-refractivity contribution in [3.05, 3.63) is 42.7 Å². The van der Waals surface area contributed by atoms with Crippen molar-refractivity contribution in [2.75, 3.05) is 6.54 Å². The van der Waals surface area contributed by atoms with E-state index in [2.05, 4.69) is 27.3 Å². The maximum Gasteiger partial charge on any atom is 0.0922 e. The van der Waals surface area contributed by atoms with E-state index in [1.54, 1.807) is 11.3 Å². The first kappa shape index (κ1) is 13.8. The fourth-order valence-electron chi connectivity index (χ4n) is 2.57. The summed E-state index contributed by atoms with van der Waals surface area (Å²) in [6.45, 7) is 0.619. The van der Waals surface area contributed by atoms with Gasteiger partial charge in [-0.2, -0.15) is 11.3 Å². The van der Waals surface area contributed by atoms with Gasteiger partial charge in [0.25, 0.3) is 0 Å². The van der Waals surface area contributed by atoms with Gasteiger partial charge >= 0.3 is 0 Å². The lowest BCUT2D eigenvalue weighted by Crippen LogP contribution is -2.28. The molecule has 2 atom stereocenters. The molecule has 3 rings (SSSR count). The van der Waals surface area contributed by atoms with Crippen LogP contribution in [0.5, 0.6) is 0 Å². The highest BCUT2D eigenvalue weighted by molar-refractivity contribution is 9.11. The van der Waals surface area contributed by atoms with Crippen molar-refractivity contribution in [3.63, 3.8) is 0 Å². The summed E-state index contributed by atoms with van der Waals surface area (Å²) in [5.41, 5.74) is 2.43. The van der Waals surface area contributed by atoms with Crippen LogP contribution in [0, 0.1) is 0 Å². The Balaban J connectivity index is 1.65. The standard InChI is InChI=1S/C14H16BrNOS2/c15-14-6-10-11(2-1-3-13(10)19-14)16-7-12(17)9-4-5-18-8-9/h4-6,8,11-12,16-17H,1-3,7H2. The van der Waals surface area contributed by atoms with Crippen LogP contribution < -0.4 is 5.32 Å². The molecule has 0 radical (unpaired) electrons. The molecule has 2 aromatic heterocycles. The van der Waals surface area contributed by atoms with Gasteiger partial charge < -0.3 is 10.4 Å². The molecule has 1 aliphatic rings. The van der Waals surface area contributed by atoms with Gasteiger partial charge in [-0.05, 0) is 69.2 Å². The van der Waals surface area contributed by atoms with Crippen LogP contribution in [0.2, 0.25) is 0 Å². The highest BCUT2D eigenvalue weighted by Crippen LogP contribution is 2.38. The van der Waals surface area contributed by atoms with Gasteiger partial charge in [0.05, 0.1) is 9.89 Å². The zero-order chi connectivity index (χ0) is 13.2. The van der Waals surface area contributed by atoms with Crippen LogP contribution in [0.1, 0.15) is 41.0 Å². The molecule has 0 fully saturated rings. The Morgan fingerprint density at radius 1 is 1.53 bits per heavy atom. The average Bonchev–Trinajstić information content (AvgIpc) is 3.03. The molecule has 5 heteroatoms. The maximum atomic E-state index is 10.1. The van der Waals surface area contributed by atoms with E-state index in [0.717, 1.165) is 12.0 Å². The van der Waals surface area contributed by atoms with E-state index in [1.807, 2.05) is 28.2 Å². The molecule has 0 spiro atoms. The van der Waals surface area contributed by atoms with E-state index in [1.165, 1.54) is 27.1 Å². The summed E-state index contributed by atoms with van der Waals surface area (Å²) < 4.78 is 1.21. The van der Waals surface area contributed by atoms with Crippen molar-refractivity contribution in [1.82, 2.24) is 5.32 Å². The molecule has 0 saturated carbocycles. The third-order valence-electron chi connectivity index (χ3n) is 3.57. The van der Waals surface area contributed by atoms with Gasteiger partial charge in [0, 0.05) is 17.5 Å². The number of hydrogen-bond donors (Lipinski definition) is 2. The Labute approximate surface area is 129 Å². The predicted octanol–water partition coefficient (Wildman–Crippen LogP) is 4.27. The SMILES string of the molecule is OC(CNC1CCCc2sc(Br)cc21)c1ccsc1. The zero-order valence-corrected chi connectivity index (χ0v) is 13.7. The lowest BCUT2D eigenvalue weighted by Gasteiger charge is -2.24. The smallest absolute Gasteiger partial charge is 0.0922 e. The molecule has 0 aliphatic heterocycles. The molecule has 2 aromatic rings. The van der Waals surface area contributed by atoms with Crippen LogP contribution in [0.25, 0.3) is 0 Å². The van der Waals surface area contributed by atoms with Gasteiger partial charge in [-0.1, -0.05) is 0 Å². The van der Waals surface area contributed by atoms with Gasteiger partial charge in [-0.25, -0.2) is 0 Å². The topological polar surface area (TPSA) is 32.3 Å². The Hall–Kier alpha value is -0.200. The van der Waals surface area contributed by atoms with Crippen LogP contribution in [-0.4, -0.2) is 11.7 Å². The van der Waals surface area contributed by atoms with E-state index < -0.39 is 6.10 Å². The third kappa shape index (κ3) is 3.11. The molecule has 2 heterocycles. The first-order chi connectivity index (χ1) is 9.24. The van der Waals surface area contributed by atoms with Gasteiger partial charge in [-0.15, -0.1) is 11.3 Å². The number of aliphatic hydroxyl groups is 1. The minimum absolute atomic E-state index is 0.389. The van der Waals surface area contributed by atoms with Crippen molar-refractivity contribution >= 4 is 38.6 Å². The Morgan fingerprint density at radius 3 is 3.21 bits per heavy atom. The highest BCUT2D eigenvalue weighted by atomic mass is 79.9. The summed E-state index contributed by atoms with van der Waals surface area (Å²) in [5, 5.41) is 17.7. The van der Waals surface area contributed by atoms with E-state index in [4.69, 9.17) is 0 Å². The predicted molar refractivity (Wildman–Crippen MR) is 85.0 cm³/mol. The fourth-order valence-corrected chi connectivity index (χ4v) is 5.10. The van der Waals surface area contributed by atoms with Crippen molar-refractivity contribution in [2.45, 2.75) is 31.4 Å². The van der Waals surface area contributed by atoms with Crippen molar-refractivity contribution in [1.29, 1.82) is 0 Å². The molecule has 0 bridgehead atoms. The second-order valence-electron chi connectivity index (χ2n) is 4.85. The summed E-state index contributed by atoms with van der Waals surface area (Å²) in [5.74, 6) is 0. The monoisotopic (exact) mass is 357 g/mol. The number of thiophene rings is 2. The van der Waals surface area contributed by atoms with Gasteiger partial charge in [0.15, 0.2) is 0 Å². The number of rotatable bonds is 4. The largest absolute Gasteiger partial charge is 0.387 e. The molecule has 0 amide bonds. The molecule has 2 unspecified atom stereocenters. The van der Waals surface area contributed by atoms with Crippen LogP contribution in [-0.2, 0) is 6.42 Å². The van der Waals surface area contributed by atoms with Crippen LogP contribution in [0.4, 0.5) is 0 Å². The quantitative estimate of drug-likeness (QED) is 0.855. The number of fused-ring (bicyclic) bond motifs is 1. The molecule has 0 aromatic carbocycles. The molecule has 19 heavy (non-hydrogen) atoms. The summed E-state index contributed by atoms with van der Waals surface area (Å²) in [6, 6.07) is 4.61. The second-order valence-corrected chi connectivity index (χ2v) is 8.15. The minimum Gasteiger partial charge on any atom is -0.387 e. The first-order valence-corrected chi connectivity index (χ1v) is 9.01. The number of nitrogens with one attached hydrogen (secondary N) is 1. The molecule has 0 saturated heterocycles. The fraction of sp³-hybridized carbons (Fsp3) is 0.429. The van der Waals surface area contributed by atoms with Crippen LogP contribution in [0.15, 0.2) is 26.7 Å². The van der Waals surface area contributed by atoms with E-state index in [9.17, 15) is 5.11 Å².